The number of nitrogens with zero attached hydrogens (tertiary/aromatic N) is 1. The molecule has 0 bridgehead atoms. The first-order chi connectivity index (χ1) is 9.56. The van der Waals surface area contributed by atoms with E-state index in [1.165, 1.54) is 50.8 Å². The van der Waals surface area contributed by atoms with Gasteiger partial charge in [-0.25, -0.2) is 0 Å². The highest BCUT2D eigenvalue weighted by atomic mass is 15.1. The molecule has 1 nitrogen and oxygen atoms in total. The van der Waals surface area contributed by atoms with E-state index in [1.54, 1.807) is 5.57 Å². The lowest BCUT2D eigenvalue weighted by Crippen LogP contribution is -2.38. The van der Waals surface area contributed by atoms with Crippen LogP contribution in [0.25, 0.3) is 0 Å². The zero-order valence-electron chi connectivity index (χ0n) is 14.4. The van der Waals surface area contributed by atoms with Gasteiger partial charge in [0, 0.05) is 6.04 Å². The average molecular weight is 277 g/mol. The van der Waals surface area contributed by atoms with Crippen LogP contribution in [0, 0.1) is 5.92 Å². The molecule has 0 aliphatic carbocycles. The molecule has 0 saturated carbocycles. The zero-order chi connectivity index (χ0) is 15.0. The van der Waals surface area contributed by atoms with Crippen LogP contribution in [0.5, 0.6) is 0 Å². The average Bonchev–Trinajstić information content (AvgIpc) is 2.37. The van der Waals surface area contributed by atoms with Crippen LogP contribution in [0.2, 0.25) is 0 Å². The van der Waals surface area contributed by atoms with Gasteiger partial charge in [0.25, 0.3) is 0 Å². The van der Waals surface area contributed by atoms with E-state index in [0.717, 1.165) is 6.42 Å². The minimum Gasteiger partial charge on any atom is -0.297 e. The second-order valence-corrected chi connectivity index (χ2v) is 6.67. The van der Waals surface area contributed by atoms with Crippen molar-refractivity contribution in [1.82, 2.24) is 4.90 Å². The minimum absolute atomic E-state index is 0.592. The maximum absolute atomic E-state index is 2.71. The van der Waals surface area contributed by atoms with Crippen molar-refractivity contribution >= 4 is 0 Å². The van der Waals surface area contributed by atoms with Crippen LogP contribution >= 0.6 is 0 Å². The van der Waals surface area contributed by atoms with E-state index >= 15 is 0 Å². The smallest absolute Gasteiger partial charge is 0.0284 e. The fourth-order valence-corrected chi connectivity index (χ4v) is 3.04. The Bertz CT molecular complexity index is 317. The summed E-state index contributed by atoms with van der Waals surface area (Å²) in [5.41, 5.74) is 3.07. The Labute approximate surface area is 127 Å². The number of allylic oxidation sites excluding steroid dienone is 3. The molecule has 0 spiro atoms. The van der Waals surface area contributed by atoms with Crippen LogP contribution in [0.15, 0.2) is 23.3 Å². The second kappa shape index (κ2) is 9.39. The van der Waals surface area contributed by atoms with Gasteiger partial charge in [-0.3, -0.25) is 4.90 Å². The number of likely N-dealkylation sites (tertiary alicyclic amines) is 1. The molecule has 1 unspecified atom stereocenters. The Morgan fingerprint density at radius 1 is 0.950 bits per heavy atom. The Morgan fingerprint density at radius 2 is 1.50 bits per heavy atom. The zero-order valence-corrected chi connectivity index (χ0v) is 14.4. The van der Waals surface area contributed by atoms with Crippen molar-refractivity contribution < 1.29 is 0 Å². The number of rotatable bonds is 5. The summed E-state index contributed by atoms with van der Waals surface area (Å²) in [7, 11) is 0. The number of hydrogen-bond donors (Lipinski definition) is 0. The third-order valence-corrected chi connectivity index (χ3v) is 4.71. The van der Waals surface area contributed by atoms with E-state index in [9.17, 15) is 0 Å². The molecule has 20 heavy (non-hydrogen) atoms. The molecular weight excluding hydrogens is 242 g/mol. The molecule has 1 atom stereocenters. The first-order valence-corrected chi connectivity index (χ1v) is 8.67. The van der Waals surface area contributed by atoms with E-state index in [0.29, 0.717) is 12.0 Å². The van der Waals surface area contributed by atoms with Crippen LogP contribution in [0.1, 0.15) is 73.1 Å². The van der Waals surface area contributed by atoms with Gasteiger partial charge in [0.05, 0.1) is 0 Å². The van der Waals surface area contributed by atoms with Crippen molar-refractivity contribution in [1.29, 1.82) is 0 Å². The summed E-state index contributed by atoms with van der Waals surface area (Å²) in [6.45, 7) is 14.1. The van der Waals surface area contributed by atoms with E-state index < -0.39 is 0 Å². The topological polar surface area (TPSA) is 3.24 Å². The monoisotopic (exact) mass is 277 g/mol. The quantitative estimate of drug-likeness (QED) is 0.593. The summed E-state index contributed by atoms with van der Waals surface area (Å²) in [6, 6.07) is 0.592. The summed E-state index contributed by atoms with van der Waals surface area (Å²) in [5.74, 6) is 0.636. The van der Waals surface area contributed by atoms with Crippen molar-refractivity contribution in [3.63, 3.8) is 0 Å². The van der Waals surface area contributed by atoms with E-state index in [2.05, 4.69) is 51.7 Å². The van der Waals surface area contributed by atoms with Crippen molar-refractivity contribution in [3.05, 3.63) is 23.3 Å². The Balaban J connectivity index is 2.78. The van der Waals surface area contributed by atoms with E-state index in [-0.39, 0.29) is 0 Å². The molecule has 1 aliphatic heterocycles. The molecule has 0 radical (unpaired) electrons. The van der Waals surface area contributed by atoms with Crippen LogP contribution in [-0.2, 0) is 0 Å². The summed E-state index contributed by atoms with van der Waals surface area (Å²) < 4.78 is 0. The van der Waals surface area contributed by atoms with Crippen molar-refractivity contribution in [2.75, 3.05) is 13.1 Å². The SMILES string of the molecule is CC/C(C)=C\C=C(\C(C)C)C(C)N1CCCCCCC1. The molecule has 0 amide bonds. The molecule has 0 N–H and O–H groups in total. The van der Waals surface area contributed by atoms with Crippen molar-refractivity contribution in [2.24, 2.45) is 5.92 Å². The molecule has 1 fully saturated rings. The van der Waals surface area contributed by atoms with Gasteiger partial charge in [0.15, 0.2) is 0 Å². The van der Waals surface area contributed by atoms with E-state index in [4.69, 9.17) is 0 Å². The van der Waals surface area contributed by atoms with Crippen LogP contribution in [-0.4, -0.2) is 24.0 Å². The molecule has 1 rings (SSSR count). The van der Waals surface area contributed by atoms with Gasteiger partial charge in [-0.15, -0.1) is 0 Å². The standard InChI is InChI=1S/C19H35N/c1-6-17(4)12-13-19(16(2)3)18(5)20-14-10-8-7-9-11-15-20/h12-13,16,18H,6-11,14-15H2,1-5H3/b17-12-,19-13-. The Hall–Kier alpha value is -0.560. The summed E-state index contributed by atoms with van der Waals surface area (Å²) in [4.78, 5) is 2.71. The fourth-order valence-electron chi connectivity index (χ4n) is 3.04. The lowest BCUT2D eigenvalue weighted by molar-refractivity contribution is 0.205. The van der Waals surface area contributed by atoms with Gasteiger partial charge >= 0.3 is 0 Å². The lowest BCUT2D eigenvalue weighted by atomic mass is 9.93. The van der Waals surface area contributed by atoms with Crippen molar-refractivity contribution in [3.8, 4) is 0 Å². The second-order valence-electron chi connectivity index (χ2n) is 6.67. The fraction of sp³-hybridized carbons (Fsp3) is 0.789. The molecular formula is C19H35N. The molecule has 1 aliphatic rings. The van der Waals surface area contributed by atoms with Gasteiger partial charge in [-0.2, -0.15) is 0 Å². The minimum atomic E-state index is 0.592. The molecule has 1 heterocycles. The molecule has 116 valence electrons. The first kappa shape index (κ1) is 17.5. The summed E-state index contributed by atoms with van der Waals surface area (Å²) in [5, 5.41) is 0. The van der Waals surface area contributed by atoms with Crippen LogP contribution in [0.3, 0.4) is 0 Å². The Morgan fingerprint density at radius 3 is 2.00 bits per heavy atom. The first-order valence-electron chi connectivity index (χ1n) is 8.67. The maximum Gasteiger partial charge on any atom is 0.0284 e. The summed E-state index contributed by atoms with van der Waals surface area (Å²) in [6.07, 6.45) is 12.9. The molecule has 1 saturated heterocycles. The lowest BCUT2D eigenvalue weighted by Gasteiger charge is -2.33. The van der Waals surface area contributed by atoms with Gasteiger partial charge in [-0.05, 0) is 52.1 Å². The highest BCUT2D eigenvalue weighted by Crippen LogP contribution is 2.22. The summed E-state index contributed by atoms with van der Waals surface area (Å²) >= 11 is 0. The third-order valence-electron chi connectivity index (χ3n) is 4.71. The highest BCUT2D eigenvalue weighted by molar-refractivity contribution is 5.22. The largest absolute Gasteiger partial charge is 0.297 e. The van der Waals surface area contributed by atoms with Gasteiger partial charge in [-0.1, -0.05) is 63.3 Å². The van der Waals surface area contributed by atoms with Gasteiger partial charge in [0.1, 0.15) is 0 Å². The molecule has 1 heteroatoms. The van der Waals surface area contributed by atoms with E-state index in [1.807, 2.05) is 0 Å². The third kappa shape index (κ3) is 5.83. The molecule has 0 aromatic carbocycles. The predicted molar refractivity (Wildman–Crippen MR) is 91.1 cm³/mol. The van der Waals surface area contributed by atoms with Gasteiger partial charge in [0.2, 0.25) is 0 Å². The molecule has 0 aromatic rings. The highest BCUT2D eigenvalue weighted by Gasteiger charge is 2.20. The van der Waals surface area contributed by atoms with Crippen LogP contribution in [0.4, 0.5) is 0 Å². The van der Waals surface area contributed by atoms with Crippen LogP contribution < -0.4 is 0 Å². The number of hydrogen-bond acceptors (Lipinski definition) is 1. The Kier molecular flexibility index (Phi) is 8.21. The normalized spacial score (nSPS) is 21.7. The maximum atomic E-state index is 2.71. The molecule has 0 aromatic heterocycles. The van der Waals surface area contributed by atoms with Crippen molar-refractivity contribution in [2.45, 2.75) is 79.2 Å². The predicted octanol–water partition coefficient (Wildman–Crippen LogP) is 5.58. The van der Waals surface area contributed by atoms with Gasteiger partial charge < -0.3 is 0 Å².